The van der Waals surface area contributed by atoms with Crippen molar-refractivity contribution in [2.24, 2.45) is 0 Å². The summed E-state index contributed by atoms with van der Waals surface area (Å²) in [5.41, 5.74) is 0.681. The van der Waals surface area contributed by atoms with E-state index in [2.05, 4.69) is 46.4 Å². The molecule has 0 radical (unpaired) electrons. The van der Waals surface area contributed by atoms with Gasteiger partial charge < -0.3 is 5.32 Å². The molecule has 0 bridgehead atoms. The van der Waals surface area contributed by atoms with Crippen LogP contribution in [0.2, 0.25) is 0 Å². The predicted molar refractivity (Wildman–Crippen MR) is 91.9 cm³/mol. The second kappa shape index (κ2) is 7.50. The fourth-order valence-electron chi connectivity index (χ4n) is 2.05. The minimum Gasteiger partial charge on any atom is -0.381 e. The zero-order valence-corrected chi connectivity index (χ0v) is 15.3. The van der Waals surface area contributed by atoms with Gasteiger partial charge in [-0.1, -0.05) is 13.8 Å². The molecule has 0 atom stereocenters. The van der Waals surface area contributed by atoms with Gasteiger partial charge >= 0.3 is 0 Å². The Kier molecular flexibility index (Phi) is 6.58. The summed E-state index contributed by atoms with van der Waals surface area (Å²) in [5, 5.41) is 7.59. The summed E-state index contributed by atoms with van der Waals surface area (Å²) in [7, 11) is 0. The lowest BCUT2D eigenvalue weighted by molar-refractivity contribution is 0.500. The minimum atomic E-state index is -0.0900. The van der Waals surface area contributed by atoms with Gasteiger partial charge in [0.1, 0.15) is 4.47 Å². The van der Waals surface area contributed by atoms with Crippen molar-refractivity contribution in [2.75, 3.05) is 18.1 Å². The van der Waals surface area contributed by atoms with Crippen LogP contribution in [0.15, 0.2) is 15.5 Å². The number of hydrogen-bond acceptors (Lipinski definition) is 4. The maximum absolute atomic E-state index is 12.2. The van der Waals surface area contributed by atoms with Crippen molar-refractivity contribution >= 4 is 33.4 Å². The van der Waals surface area contributed by atoms with Crippen LogP contribution >= 0.6 is 27.7 Å². The maximum atomic E-state index is 12.2. The molecule has 1 heterocycles. The van der Waals surface area contributed by atoms with Gasteiger partial charge in [-0.15, -0.1) is 0 Å². The molecular weight excluding hydrogens is 338 g/mol. The zero-order chi connectivity index (χ0) is 15.3. The maximum Gasteiger partial charge on any atom is 0.283 e. The molecule has 0 aromatic carbocycles. The van der Waals surface area contributed by atoms with E-state index < -0.39 is 0 Å². The van der Waals surface area contributed by atoms with Gasteiger partial charge in [0, 0.05) is 11.3 Å². The molecule has 1 aromatic rings. The monoisotopic (exact) mass is 361 g/mol. The minimum absolute atomic E-state index is 0.0596. The van der Waals surface area contributed by atoms with Crippen LogP contribution < -0.4 is 10.9 Å². The number of anilines is 1. The Morgan fingerprint density at radius 3 is 2.50 bits per heavy atom. The van der Waals surface area contributed by atoms with Crippen molar-refractivity contribution in [1.29, 1.82) is 0 Å². The Hall–Kier alpha value is -0.490. The highest BCUT2D eigenvalue weighted by Crippen LogP contribution is 2.31. The Morgan fingerprint density at radius 2 is 2.05 bits per heavy atom. The van der Waals surface area contributed by atoms with Gasteiger partial charge in [0.25, 0.3) is 5.56 Å². The molecule has 114 valence electrons. The first-order chi connectivity index (χ1) is 9.40. The zero-order valence-electron chi connectivity index (χ0n) is 12.9. The average Bonchev–Trinajstić information content (AvgIpc) is 2.44. The SMILES string of the molecule is CCC(CC)(CNc1cnn(C(C)C)c(=O)c1Br)SC. The van der Waals surface area contributed by atoms with E-state index in [1.54, 1.807) is 6.20 Å². The Morgan fingerprint density at radius 1 is 1.45 bits per heavy atom. The number of hydrogen-bond donors (Lipinski definition) is 1. The van der Waals surface area contributed by atoms with E-state index in [1.165, 1.54) is 4.68 Å². The third-order valence-electron chi connectivity index (χ3n) is 3.76. The number of halogens is 1. The molecule has 0 fully saturated rings. The summed E-state index contributed by atoms with van der Waals surface area (Å²) in [5.74, 6) is 0. The van der Waals surface area contributed by atoms with Gasteiger partial charge in [-0.25, -0.2) is 4.68 Å². The molecule has 0 saturated carbocycles. The summed E-state index contributed by atoms with van der Waals surface area (Å²) in [6, 6.07) is 0.0596. The molecule has 0 saturated heterocycles. The fraction of sp³-hybridized carbons (Fsp3) is 0.714. The largest absolute Gasteiger partial charge is 0.381 e. The molecule has 6 heteroatoms. The van der Waals surface area contributed by atoms with E-state index in [0.29, 0.717) is 4.47 Å². The summed E-state index contributed by atoms with van der Waals surface area (Å²) in [4.78, 5) is 12.2. The third-order valence-corrected chi connectivity index (χ3v) is 6.11. The van der Waals surface area contributed by atoms with Crippen LogP contribution in [0, 0.1) is 0 Å². The van der Waals surface area contributed by atoms with Gasteiger partial charge in [-0.05, 0) is 48.9 Å². The van der Waals surface area contributed by atoms with Crippen LogP contribution in [0.4, 0.5) is 5.69 Å². The van der Waals surface area contributed by atoms with Crippen molar-refractivity contribution in [3.05, 3.63) is 21.0 Å². The van der Waals surface area contributed by atoms with E-state index in [-0.39, 0.29) is 16.3 Å². The van der Waals surface area contributed by atoms with Crippen molar-refractivity contribution in [3.8, 4) is 0 Å². The topological polar surface area (TPSA) is 46.9 Å². The van der Waals surface area contributed by atoms with Crippen molar-refractivity contribution in [2.45, 2.75) is 51.3 Å². The number of nitrogens with one attached hydrogen (secondary N) is 1. The van der Waals surface area contributed by atoms with Crippen LogP contribution in [0.1, 0.15) is 46.6 Å². The molecule has 0 amide bonds. The molecule has 20 heavy (non-hydrogen) atoms. The molecule has 1 rings (SSSR count). The highest BCUT2D eigenvalue weighted by molar-refractivity contribution is 9.10. The van der Waals surface area contributed by atoms with Crippen LogP contribution in [-0.4, -0.2) is 27.3 Å². The van der Waals surface area contributed by atoms with Gasteiger partial charge in [-0.2, -0.15) is 16.9 Å². The predicted octanol–water partition coefficient (Wildman–Crippen LogP) is 3.92. The lowest BCUT2D eigenvalue weighted by Gasteiger charge is -2.30. The second-order valence-electron chi connectivity index (χ2n) is 5.16. The second-order valence-corrected chi connectivity index (χ2v) is 7.23. The van der Waals surface area contributed by atoms with Crippen molar-refractivity contribution < 1.29 is 0 Å². The normalized spacial score (nSPS) is 11.9. The van der Waals surface area contributed by atoms with Crippen LogP contribution in [0.25, 0.3) is 0 Å². The van der Waals surface area contributed by atoms with Crippen LogP contribution in [-0.2, 0) is 0 Å². The molecule has 1 N–H and O–H groups in total. The van der Waals surface area contributed by atoms with E-state index in [9.17, 15) is 4.79 Å². The molecule has 0 aliphatic heterocycles. The number of aromatic nitrogens is 2. The van der Waals surface area contributed by atoms with E-state index in [0.717, 1.165) is 25.1 Å². The number of rotatable bonds is 7. The average molecular weight is 362 g/mol. The van der Waals surface area contributed by atoms with Gasteiger partial charge in [-0.3, -0.25) is 4.79 Å². The molecule has 0 aliphatic rings. The highest BCUT2D eigenvalue weighted by atomic mass is 79.9. The smallest absolute Gasteiger partial charge is 0.283 e. The molecular formula is C14H24BrN3OS. The van der Waals surface area contributed by atoms with Gasteiger partial charge in [0.2, 0.25) is 0 Å². The van der Waals surface area contributed by atoms with E-state index >= 15 is 0 Å². The van der Waals surface area contributed by atoms with Crippen LogP contribution in [0.5, 0.6) is 0 Å². The molecule has 0 spiro atoms. The van der Waals surface area contributed by atoms with Gasteiger partial charge in [0.15, 0.2) is 0 Å². The van der Waals surface area contributed by atoms with Crippen molar-refractivity contribution in [1.82, 2.24) is 9.78 Å². The lowest BCUT2D eigenvalue weighted by Crippen LogP contribution is -2.33. The Bertz CT molecular complexity index is 489. The number of nitrogens with zero attached hydrogens (tertiary/aromatic N) is 2. The quantitative estimate of drug-likeness (QED) is 0.799. The molecule has 0 unspecified atom stereocenters. The fourth-order valence-corrected chi connectivity index (χ4v) is 3.27. The highest BCUT2D eigenvalue weighted by Gasteiger charge is 2.25. The van der Waals surface area contributed by atoms with Crippen molar-refractivity contribution in [3.63, 3.8) is 0 Å². The first-order valence-corrected chi connectivity index (χ1v) is 8.99. The standard InChI is InChI=1S/C14H24BrN3OS/c1-6-14(7-2,20-5)9-16-11-8-17-18(10(3)4)13(19)12(11)15/h8,10,16H,6-7,9H2,1-5H3. The van der Waals surface area contributed by atoms with Gasteiger partial charge in [0.05, 0.1) is 17.9 Å². The van der Waals surface area contributed by atoms with E-state index in [4.69, 9.17) is 0 Å². The van der Waals surface area contributed by atoms with Crippen LogP contribution in [0.3, 0.4) is 0 Å². The molecule has 0 aliphatic carbocycles. The summed E-state index contributed by atoms with van der Waals surface area (Å²) >= 11 is 5.26. The Labute approximate surface area is 133 Å². The molecule has 1 aromatic heterocycles. The molecule has 4 nitrogen and oxygen atoms in total. The number of thioether (sulfide) groups is 1. The first-order valence-electron chi connectivity index (χ1n) is 6.97. The first kappa shape index (κ1) is 17.6. The lowest BCUT2D eigenvalue weighted by atomic mass is 10.0. The Balaban J connectivity index is 2.95. The summed E-state index contributed by atoms with van der Waals surface area (Å²) in [6.45, 7) is 9.12. The summed E-state index contributed by atoms with van der Waals surface area (Å²) in [6.07, 6.45) is 6.04. The van der Waals surface area contributed by atoms with E-state index in [1.807, 2.05) is 25.6 Å². The third kappa shape index (κ3) is 3.79. The summed E-state index contributed by atoms with van der Waals surface area (Å²) < 4.78 is 2.24.